The molecule has 0 bridgehead atoms. The Balaban J connectivity index is 1.91. The molecule has 0 aromatic rings. The normalized spacial score (nSPS) is 29.3. The van der Waals surface area contributed by atoms with Crippen LogP contribution < -0.4 is 5.73 Å². The number of carbonyl (C=O) groups is 1. The quantitative estimate of drug-likeness (QED) is 0.818. The van der Waals surface area contributed by atoms with Gasteiger partial charge in [-0.05, 0) is 52.0 Å². The Hall–Kier alpha value is -0.610. The fourth-order valence-corrected chi connectivity index (χ4v) is 3.18. The number of hydrogen-bond acceptors (Lipinski definition) is 3. The number of carbonyl (C=O) groups excluding carboxylic acids is 1. The molecule has 4 heteroatoms. The molecule has 104 valence electrons. The largest absolute Gasteiger partial charge is 0.341 e. The van der Waals surface area contributed by atoms with Crippen LogP contribution in [-0.2, 0) is 4.79 Å². The highest BCUT2D eigenvalue weighted by Gasteiger charge is 2.31. The van der Waals surface area contributed by atoms with E-state index < -0.39 is 0 Å². The summed E-state index contributed by atoms with van der Waals surface area (Å²) in [5, 5.41) is 0. The molecule has 0 aromatic heterocycles. The molecule has 2 fully saturated rings. The lowest BCUT2D eigenvalue weighted by Crippen LogP contribution is -2.51. The van der Waals surface area contributed by atoms with Crippen LogP contribution in [0.1, 0.15) is 39.5 Å². The Bertz CT molecular complexity index is 287. The molecule has 0 saturated carbocycles. The van der Waals surface area contributed by atoms with E-state index in [2.05, 4.69) is 18.7 Å². The SMILES string of the molecule is CC(N)C1CCCN(C(C)C(=O)N2CCCC2)C1. The van der Waals surface area contributed by atoms with Gasteiger partial charge in [-0.1, -0.05) is 0 Å². The number of hydrogen-bond donors (Lipinski definition) is 1. The molecule has 4 nitrogen and oxygen atoms in total. The molecular weight excluding hydrogens is 226 g/mol. The maximum Gasteiger partial charge on any atom is 0.239 e. The lowest BCUT2D eigenvalue weighted by molar-refractivity contribution is -0.136. The molecule has 0 spiro atoms. The Morgan fingerprint density at radius 1 is 1.17 bits per heavy atom. The van der Waals surface area contributed by atoms with Gasteiger partial charge in [0.15, 0.2) is 0 Å². The highest BCUT2D eigenvalue weighted by atomic mass is 16.2. The first-order chi connectivity index (χ1) is 8.59. The molecule has 18 heavy (non-hydrogen) atoms. The Kier molecular flexibility index (Phi) is 4.62. The average Bonchev–Trinajstić information content (AvgIpc) is 2.91. The predicted molar refractivity (Wildman–Crippen MR) is 73.2 cm³/mol. The summed E-state index contributed by atoms with van der Waals surface area (Å²) in [6, 6.07) is 0.270. The summed E-state index contributed by atoms with van der Waals surface area (Å²) in [6.45, 7) is 8.08. The van der Waals surface area contributed by atoms with Gasteiger partial charge in [-0.15, -0.1) is 0 Å². The minimum Gasteiger partial charge on any atom is -0.341 e. The number of rotatable bonds is 3. The van der Waals surface area contributed by atoms with Gasteiger partial charge >= 0.3 is 0 Å². The maximum absolute atomic E-state index is 12.4. The summed E-state index contributed by atoms with van der Waals surface area (Å²) in [7, 11) is 0. The van der Waals surface area contributed by atoms with Crippen molar-refractivity contribution >= 4 is 5.91 Å². The van der Waals surface area contributed by atoms with Crippen molar-refractivity contribution in [2.45, 2.75) is 51.6 Å². The molecule has 1 amide bonds. The number of piperidine rings is 1. The third kappa shape index (κ3) is 3.04. The summed E-state index contributed by atoms with van der Waals surface area (Å²) in [5.41, 5.74) is 6.01. The van der Waals surface area contributed by atoms with Gasteiger partial charge in [0.25, 0.3) is 0 Å². The summed E-state index contributed by atoms with van der Waals surface area (Å²) in [5.74, 6) is 0.866. The highest BCUT2D eigenvalue weighted by Crippen LogP contribution is 2.22. The molecule has 2 N–H and O–H groups in total. The van der Waals surface area contributed by atoms with Crippen LogP contribution in [0.15, 0.2) is 0 Å². The van der Waals surface area contributed by atoms with E-state index in [1.165, 1.54) is 25.7 Å². The van der Waals surface area contributed by atoms with Gasteiger partial charge in [0.2, 0.25) is 5.91 Å². The molecule has 2 saturated heterocycles. The van der Waals surface area contributed by atoms with Crippen molar-refractivity contribution in [3.05, 3.63) is 0 Å². The van der Waals surface area contributed by atoms with Gasteiger partial charge in [0.05, 0.1) is 6.04 Å². The van der Waals surface area contributed by atoms with Crippen molar-refractivity contribution in [1.82, 2.24) is 9.80 Å². The van der Waals surface area contributed by atoms with Crippen molar-refractivity contribution in [2.75, 3.05) is 26.2 Å². The zero-order valence-corrected chi connectivity index (χ0v) is 11.8. The van der Waals surface area contributed by atoms with E-state index in [1.807, 2.05) is 4.90 Å². The summed E-state index contributed by atoms with van der Waals surface area (Å²) in [6.07, 6.45) is 4.71. The predicted octanol–water partition coefficient (Wildman–Crippen LogP) is 1.06. The molecule has 2 aliphatic heterocycles. The van der Waals surface area contributed by atoms with Gasteiger partial charge in [-0.3, -0.25) is 9.69 Å². The first kappa shape index (κ1) is 13.8. The van der Waals surface area contributed by atoms with Crippen molar-refractivity contribution in [2.24, 2.45) is 11.7 Å². The molecule has 2 rings (SSSR count). The lowest BCUT2D eigenvalue weighted by atomic mass is 9.91. The molecule has 3 atom stereocenters. The van der Waals surface area contributed by atoms with Crippen LogP contribution in [-0.4, -0.2) is 54.0 Å². The first-order valence-corrected chi connectivity index (χ1v) is 7.38. The lowest BCUT2D eigenvalue weighted by Gasteiger charge is -2.38. The molecular formula is C14H27N3O. The molecule has 3 unspecified atom stereocenters. The summed E-state index contributed by atoms with van der Waals surface area (Å²) in [4.78, 5) is 16.7. The van der Waals surface area contributed by atoms with Crippen molar-refractivity contribution in [1.29, 1.82) is 0 Å². The maximum atomic E-state index is 12.4. The van der Waals surface area contributed by atoms with E-state index in [0.717, 1.165) is 26.2 Å². The second-order valence-electron chi connectivity index (χ2n) is 5.96. The summed E-state index contributed by atoms with van der Waals surface area (Å²) >= 11 is 0. The second kappa shape index (κ2) is 6.02. The first-order valence-electron chi connectivity index (χ1n) is 7.38. The average molecular weight is 253 g/mol. The molecule has 2 heterocycles. The summed E-state index contributed by atoms with van der Waals surface area (Å²) < 4.78 is 0. The van der Waals surface area contributed by atoms with E-state index in [0.29, 0.717) is 11.8 Å². The number of amides is 1. The molecule has 0 aliphatic carbocycles. The van der Waals surface area contributed by atoms with Crippen LogP contribution in [0.25, 0.3) is 0 Å². The Labute approximate surface area is 110 Å². The van der Waals surface area contributed by atoms with Gasteiger partial charge in [-0.25, -0.2) is 0 Å². The van der Waals surface area contributed by atoms with E-state index in [4.69, 9.17) is 5.73 Å². The number of nitrogens with zero attached hydrogens (tertiary/aromatic N) is 2. The topological polar surface area (TPSA) is 49.6 Å². The van der Waals surface area contributed by atoms with Crippen LogP contribution in [0.2, 0.25) is 0 Å². The van der Waals surface area contributed by atoms with E-state index in [-0.39, 0.29) is 12.1 Å². The number of likely N-dealkylation sites (tertiary alicyclic amines) is 2. The smallest absolute Gasteiger partial charge is 0.239 e. The fraction of sp³-hybridized carbons (Fsp3) is 0.929. The molecule has 0 radical (unpaired) electrons. The fourth-order valence-electron chi connectivity index (χ4n) is 3.18. The minimum atomic E-state index is 0.0321. The minimum absolute atomic E-state index is 0.0321. The van der Waals surface area contributed by atoms with Crippen molar-refractivity contribution in [3.63, 3.8) is 0 Å². The zero-order valence-electron chi connectivity index (χ0n) is 11.8. The van der Waals surface area contributed by atoms with E-state index in [9.17, 15) is 4.79 Å². The van der Waals surface area contributed by atoms with Crippen LogP contribution in [0.5, 0.6) is 0 Å². The second-order valence-corrected chi connectivity index (χ2v) is 5.96. The monoisotopic (exact) mass is 253 g/mol. The number of nitrogens with two attached hydrogens (primary N) is 1. The van der Waals surface area contributed by atoms with Gasteiger partial charge < -0.3 is 10.6 Å². The standard InChI is InChI=1S/C14H27N3O/c1-11(15)13-6-5-9-17(10-13)12(2)14(18)16-7-3-4-8-16/h11-13H,3-10,15H2,1-2H3. The van der Waals surface area contributed by atoms with Crippen molar-refractivity contribution < 1.29 is 4.79 Å². The van der Waals surface area contributed by atoms with Crippen LogP contribution >= 0.6 is 0 Å². The van der Waals surface area contributed by atoms with Crippen LogP contribution in [0.3, 0.4) is 0 Å². The highest BCUT2D eigenvalue weighted by molar-refractivity contribution is 5.81. The molecule has 2 aliphatic rings. The van der Waals surface area contributed by atoms with Crippen LogP contribution in [0, 0.1) is 5.92 Å². The zero-order chi connectivity index (χ0) is 13.1. The Morgan fingerprint density at radius 2 is 1.83 bits per heavy atom. The third-order valence-electron chi connectivity index (χ3n) is 4.56. The van der Waals surface area contributed by atoms with Gasteiger partial charge in [-0.2, -0.15) is 0 Å². The molecule has 0 aromatic carbocycles. The Morgan fingerprint density at radius 3 is 2.44 bits per heavy atom. The van der Waals surface area contributed by atoms with Gasteiger partial charge in [0, 0.05) is 25.7 Å². The van der Waals surface area contributed by atoms with Crippen molar-refractivity contribution in [3.8, 4) is 0 Å². The van der Waals surface area contributed by atoms with E-state index in [1.54, 1.807) is 0 Å². The van der Waals surface area contributed by atoms with E-state index >= 15 is 0 Å². The third-order valence-corrected chi connectivity index (χ3v) is 4.56. The van der Waals surface area contributed by atoms with Gasteiger partial charge in [0.1, 0.15) is 0 Å². The van der Waals surface area contributed by atoms with Crippen LogP contribution in [0.4, 0.5) is 0 Å².